The Kier molecular flexibility index (Phi) is 6.65. The van der Waals surface area contributed by atoms with E-state index in [1.165, 1.54) is 38.4 Å². The van der Waals surface area contributed by atoms with Crippen molar-refractivity contribution in [2.75, 3.05) is 26.0 Å². The van der Waals surface area contributed by atoms with Crippen molar-refractivity contribution in [2.45, 2.75) is 11.1 Å². The SMILES string of the molecule is CN(C)S(=O)(=O)c1ccc(NC(=O)COC(=O)c2cccc(C(F)(F)F)c2)cc1. The maximum absolute atomic E-state index is 12.7. The first-order valence-electron chi connectivity index (χ1n) is 8.08. The van der Waals surface area contributed by atoms with Gasteiger partial charge in [-0.05, 0) is 42.5 Å². The Bertz CT molecular complexity index is 1000. The molecule has 1 amide bonds. The highest BCUT2D eigenvalue weighted by molar-refractivity contribution is 7.89. The molecule has 7 nitrogen and oxygen atoms in total. The van der Waals surface area contributed by atoms with Crippen LogP contribution in [0.4, 0.5) is 18.9 Å². The molecule has 0 radical (unpaired) electrons. The summed E-state index contributed by atoms with van der Waals surface area (Å²) in [6.07, 6.45) is -4.61. The van der Waals surface area contributed by atoms with Crippen molar-refractivity contribution in [1.29, 1.82) is 0 Å². The lowest BCUT2D eigenvalue weighted by molar-refractivity contribution is -0.137. The van der Waals surface area contributed by atoms with Crippen LogP contribution in [0.2, 0.25) is 0 Å². The second-order valence-corrected chi connectivity index (χ2v) is 8.17. The summed E-state index contributed by atoms with van der Waals surface area (Å²) in [4.78, 5) is 23.8. The molecule has 0 heterocycles. The number of halogens is 3. The van der Waals surface area contributed by atoms with E-state index in [4.69, 9.17) is 4.74 Å². The van der Waals surface area contributed by atoms with Crippen LogP contribution in [0.3, 0.4) is 0 Å². The van der Waals surface area contributed by atoms with E-state index in [-0.39, 0.29) is 16.1 Å². The van der Waals surface area contributed by atoms with Gasteiger partial charge in [0.2, 0.25) is 10.0 Å². The van der Waals surface area contributed by atoms with E-state index in [2.05, 4.69) is 5.32 Å². The molecule has 11 heteroatoms. The van der Waals surface area contributed by atoms with Crippen LogP contribution in [-0.4, -0.2) is 45.3 Å². The molecule has 2 aromatic rings. The monoisotopic (exact) mass is 430 g/mol. The molecular weight excluding hydrogens is 413 g/mol. The van der Waals surface area contributed by atoms with Crippen LogP contribution in [0.15, 0.2) is 53.4 Å². The number of amides is 1. The molecule has 0 saturated heterocycles. The average molecular weight is 430 g/mol. The van der Waals surface area contributed by atoms with E-state index in [9.17, 15) is 31.2 Å². The summed E-state index contributed by atoms with van der Waals surface area (Å²) >= 11 is 0. The molecule has 0 saturated carbocycles. The summed E-state index contributed by atoms with van der Waals surface area (Å²) in [7, 11) is -0.860. The van der Waals surface area contributed by atoms with Gasteiger partial charge >= 0.3 is 12.1 Å². The second kappa shape index (κ2) is 8.62. The number of nitrogens with one attached hydrogen (secondary N) is 1. The molecule has 0 aromatic heterocycles. The molecule has 2 aromatic carbocycles. The van der Waals surface area contributed by atoms with Gasteiger partial charge in [0.1, 0.15) is 0 Å². The summed E-state index contributed by atoms with van der Waals surface area (Å²) in [5, 5.41) is 2.39. The Balaban J connectivity index is 1.96. The summed E-state index contributed by atoms with van der Waals surface area (Å²) in [5.41, 5.74) is -1.10. The van der Waals surface area contributed by atoms with Crippen molar-refractivity contribution in [3.63, 3.8) is 0 Å². The second-order valence-electron chi connectivity index (χ2n) is 6.01. The Hall–Kier alpha value is -2.92. The predicted molar refractivity (Wildman–Crippen MR) is 97.7 cm³/mol. The third-order valence-electron chi connectivity index (χ3n) is 3.68. The van der Waals surface area contributed by atoms with Crippen molar-refractivity contribution in [3.8, 4) is 0 Å². The molecule has 2 rings (SSSR count). The van der Waals surface area contributed by atoms with Crippen molar-refractivity contribution in [2.24, 2.45) is 0 Å². The number of anilines is 1. The van der Waals surface area contributed by atoms with E-state index >= 15 is 0 Å². The van der Waals surface area contributed by atoms with E-state index in [1.54, 1.807) is 0 Å². The molecule has 1 N–H and O–H groups in total. The lowest BCUT2D eigenvalue weighted by atomic mass is 10.1. The first kappa shape index (κ1) is 22.4. The number of esters is 1. The minimum absolute atomic E-state index is 0.0245. The van der Waals surface area contributed by atoms with Gasteiger partial charge in [-0.1, -0.05) is 6.07 Å². The Morgan fingerprint density at radius 1 is 1.07 bits per heavy atom. The van der Waals surface area contributed by atoms with Crippen molar-refractivity contribution in [1.82, 2.24) is 4.31 Å². The van der Waals surface area contributed by atoms with Gasteiger partial charge in [-0.25, -0.2) is 17.5 Å². The quantitative estimate of drug-likeness (QED) is 0.712. The number of sulfonamides is 1. The number of ether oxygens (including phenoxy) is 1. The van der Waals surface area contributed by atoms with Crippen molar-refractivity contribution in [3.05, 3.63) is 59.7 Å². The normalized spacial score (nSPS) is 11.9. The van der Waals surface area contributed by atoms with Crippen LogP contribution >= 0.6 is 0 Å². The number of alkyl halides is 3. The molecule has 0 fully saturated rings. The molecule has 156 valence electrons. The molecule has 29 heavy (non-hydrogen) atoms. The number of rotatable bonds is 6. The minimum atomic E-state index is -4.61. The summed E-state index contributed by atoms with van der Waals surface area (Å²) in [6.45, 7) is -0.729. The maximum Gasteiger partial charge on any atom is 0.416 e. The summed E-state index contributed by atoms with van der Waals surface area (Å²) in [5.74, 6) is -1.83. The van der Waals surface area contributed by atoms with Crippen LogP contribution in [0, 0.1) is 0 Å². The van der Waals surface area contributed by atoms with Gasteiger partial charge in [-0.15, -0.1) is 0 Å². The Morgan fingerprint density at radius 3 is 2.24 bits per heavy atom. The number of hydrogen-bond donors (Lipinski definition) is 1. The first-order chi connectivity index (χ1) is 13.4. The molecule has 0 atom stereocenters. The molecule has 0 aliphatic carbocycles. The fourth-order valence-corrected chi connectivity index (χ4v) is 3.06. The van der Waals surface area contributed by atoms with Crippen LogP contribution in [0.5, 0.6) is 0 Å². The first-order valence-corrected chi connectivity index (χ1v) is 9.52. The van der Waals surface area contributed by atoms with Gasteiger partial charge in [0.15, 0.2) is 6.61 Å². The molecule has 0 aliphatic heterocycles. The lowest BCUT2D eigenvalue weighted by Crippen LogP contribution is -2.22. The van der Waals surface area contributed by atoms with E-state index < -0.39 is 40.2 Å². The zero-order valence-corrected chi connectivity index (χ0v) is 16.2. The number of hydrogen-bond acceptors (Lipinski definition) is 5. The van der Waals surface area contributed by atoms with Crippen LogP contribution in [-0.2, 0) is 25.7 Å². The molecular formula is C18H17F3N2O5S. The largest absolute Gasteiger partial charge is 0.452 e. The summed E-state index contributed by atoms with van der Waals surface area (Å²) < 4.78 is 67.7. The lowest BCUT2D eigenvalue weighted by Gasteiger charge is -2.12. The fraction of sp³-hybridized carbons (Fsp3) is 0.222. The summed E-state index contributed by atoms with van der Waals surface area (Å²) in [6, 6.07) is 8.92. The van der Waals surface area contributed by atoms with Crippen molar-refractivity contribution >= 4 is 27.6 Å². The van der Waals surface area contributed by atoms with Gasteiger partial charge in [-0.2, -0.15) is 13.2 Å². The molecule has 0 unspecified atom stereocenters. The fourth-order valence-electron chi connectivity index (χ4n) is 2.16. The van der Waals surface area contributed by atoms with Gasteiger partial charge in [0, 0.05) is 19.8 Å². The highest BCUT2D eigenvalue weighted by Gasteiger charge is 2.31. The number of nitrogens with zero attached hydrogens (tertiary/aromatic N) is 1. The van der Waals surface area contributed by atoms with E-state index in [0.29, 0.717) is 6.07 Å². The maximum atomic E-state index is 12.7. The molecule has 0 bridgehead atoms. The average Bonchev–Trinajstić information content (AvgIpc) is 2.66. The topological polar surface area (TPSA) is 92.8 Å². The predicted octanol–water partition coefficient (Wildman–Crippen LogP) is 2.75. The number of carbonyl (C=O) groups is 2. The Morgan fingerprint density at radius 2 is 1.69 bits per heavy atom. The highest BCUT2D eigenvalue weighted by atomic mass is 32.2. The standard InChI is InChI=1S/C18H17F3N2O5S/c1-23(2)29(26,27)15-8-6-14(7-9-15)22-16(24)11-28-17(25)12-4-3-5-13(10-12)18(19,20)21/h3-10H,11H2,1-2H3,(H,22,24). The van der Waals surface area contributed by atoms with Gasteiger partial charge in [0.05, 0.1) is 16.0 Å². The van der Waals surface area contributed by atoms with Crippen LogP contribution < -0.4 is 5.32 Å². The molecule has 0 aliphatic rings. The van der Waals surface area contributed by atoms with Gasteiger partial charge in [-0.3, -0.25) is 4.79 Å². The third kappa shape index (κ3) is 5.78. The number of carbonyl (C=O) groups excluding carboxylic acids is 2. The highest BCUT2D eigenvalue weighted by Crippen LogP contribution is 2.29. The van der Waals surface area contributed by atoms with E-state index in [0.717, 1.165) is 22.5 Å². The minimum Gasteiger partial charge on any atom is -0.452 e. The zero-order valence-electron chi connectivity index (χ0n) is 15.4. The number of benzene rings is 2. The smallest absolute Gasteiger partial charge is 0.416 e. The van der Waals surface area contributed by atoms with Crippen molar-refractivity contribution < 1.29 is 35.9 Å². The van der Waals surface area contributed by atoms with Crippen LogP contribution in [0.25, 0.3) is 0 Å². The Labute approximate surface area is 165 Å². The van der Waals surface area contributed by atoms with E-state index in [1.807, 2.05) is 0 Å². The van der Waals surface area contributed by atoms with Crippen LogP contribution in [0.1, 0.15) is 15.9 Å². The zero-order chi connectivity index (χ0) is 21.8. The van der Waals surface area contributed by atoms with Gasteiger partial charge in [0.25, 0.3) is 5.91 Å². The molecule has 0 spiro atoms. The third-order valence-corrected chi connectivity index (χ3v) is 5.51. The van der Waals surface area contributed by atoms with Gasteiger partial charge < -0.3 is 10.1 Å².